The van der Waals surface area contributed by atoms with Crippen molar-refractivity contribution in [1.82, 2.24) is 0 Å². The quantitative estimate of drug-likeness (QED) is 0.196. The van der Waals surface area contributed by atoms with E-state index in [1.54, 1.807) is 91.0 Å². The van der Waals surface area contributed by atoms with E-state index in [9.17, 15) is 14.4 Å². The number of rotatable bonds is 6. The van der Waals surface area contributed by atoms with Crippen LogP contribution in [-0.2, 0) is 14.2 Å². The first-order valence-electron chi connectivity index (χ1n) is 13.6. The van der Waals surface area contributed by atoms with Crippen LogP contribution in [0.1, 0.15) is 54.3 Å². The summed E-state index contributed by atoms with van der Waals surface area (Å²) in [5.74, 6) is -1.93. The maximum atomic E-state index is 13.4. The summed E-state index contributed by atoms with van der Waals surface area (Å²) in [4.78, 5) is 40.2. The molecule has 0 bridgehead atoms. The van der Waals surface area contributed by atoms with Gasteiger partial charge in [-0.15, -0.1) is 0 Å². The molecule has 0 saturated carbocycles. The van der Waals surface area contributed by atoms with Crippen LogP contribution in [0.2, 0.25) is 0 Å². The van der Waals surface area contributed by atoms with Crippen LogP contribution in [0.5, 0.6) is 0 Å². The van der Waals surface area contributed by atoms with E-state index in [-0.39, 0.29) is 5.56 Å². The number of ether oxygens (including phenoxy) is 3. The summed E-state index contributed by atoms with van der Waals surface area (Å²) in [6, 6.07) is 35.9. The molecule has 0 spiro atoms. The summed E-state index contributed by atoms with van der Waals surface area (Å²) < 4.78 is 18.2. The molecule has 42 heavy (non-hydrogen) atoms. The largest absolute Gasteiger partial charge is 0.453 e. The molecule has 0 aromatic heterocycles. The van der Waals surface area contributed by atoms with Gasteiger partial charge in [-0.2, -0.15) is 0 Å². The number of nitrogens with two attached hydrogens (primary N) is 1. The van der Waals surface area contributed by atoms with Gasteiger partial charge in [0.1, 0.15) is 0 Å². The highest BCUT2D eigenvalue weighted by atomic mass is 16.6. The third-order valence-corrected chi connectivity index (χ3v) is 7.37. The van der Waals surface area contributed by atoms with Gasteiger partial charge in [0.05, 0.1) is 22.7 Å². The first-order valence-corrected chi connectivity index (χ1v) is 13.6. The van der Waals surface area contributed by atoms with Crippen LogP contribution < -0.4 is 5.73 Å². The number of fused-ring (bicyclic) bond motifs is 3. The highest BCUT2D eigenvalue weighted by Crippen LogP contribution is 2.44. The molecule has 0 saturated heterocycles. The molecule has 2 N–H and O–H groups in total. The molecule has 4 atom stereocenters. The molecule has 4 unspecified atom stereocenters. The Morgan fingerprint density at radius 1 is 0.500 bits per heavy atom. The van der Waals surface area contributed by atoms with Crippen LogP contribution in [0.3, 0.4) is 0 Å². The Morgan fingerprint density at radius 2 is 0.952 bits per heavy atom. The highest BCUT2D eigenvalue weighted by molar-refractivity contribution is 5.92. The first-order chi connectivity index (χ1) is 20.5. The molecule has 0 aliphatic heterocycles. The van der Waals surface area contributed by atoms with E-state index in [4.69, 9.17) is 19.9 Å². The minimum Gasteiger partial charge on any atom is -0.453 e. The van der Waals surface area contributed by atoms with Crippen molar-refractivity contribution in [1.29, 1.82) is 0 Å². The number of esters is 3. The summed E-state index contributed by atoms with van der Waals surface area (Å²) in [7, 11) is 0. The lowest BCUT2D eigenvalue weighted by atomic mass is 9.79. The molecule has 7 heteroatoms. The van der Waals surface area contributed by atoms with Crippen LogP contribution >= 0.6 is 0 Å². The topological polar surface area (TPSA) is 105 Å². The van der Waals surface area contributed by atoms with E-state index in [0.29, 0.717) is 22.3 Å². The highest BCUT2D eigenvalue weighted by Gasteiger charge is 2.49. The van der Waals surface area contributed by atoms with Crippen LogP contribution in [0.15, 0.2) is 127 Å². The molecule has 208 valence electrons. The first kappa shape index (κ1) is 26.9. The Hall–Kier alpha value is -5.27. The molecule has 5 aromatic rings. The van der Waals surface area contributed by atoms with Crippen LogP contribution in [0.4, 0.5) is 0 Å². The van der Waals surface area contributed by atoms with Gasteiger partial charge in [-0.1, -0.05) is 91.0 Å². The lowest BCUT2D eigenvalue weighted by Gasteiger charge is -2.41. The van der Waals surface area contributed by atoms with Gasteiger partial charge in [-0.3, -0.25) is 0 Å². The summed E-state index contributed by atoms with van der Waals surface area (Å²) in [6.45, 7) is 0. The number of hydrogen-bond acceptors (Lipinski definition) is 7. The second-order valence-corrected chi connectivity index (χ2v) is 9.98. The molecule has 0 heterocycles. The van der Waals surface area contributed by atoms with E-state index in [2.05, 4.69) is 0 Å². The summed E-state index contributed by atoms with van der Waals surface area (Å²) in [5, 5.41) is 1.73. The van der Waals surface area contributed by atoms with Gasteiger partial charge in [0.15, 0.2) is 18.3 Å². The van der Waals surface area contributed by atoms with Gasteiger partial charge in [0.2, 0.25) is 0 Å². The molecule has 0 amide bonds. The molecule has 7 nitrogen and oxygen atoms in total. The fourth-order valence-corrected chi connectivity index (χ4v) is 5.34. The molecular formula is C35H27NO6. The Bertz CT molecular complexity index is 1740. The maximum absolute atomic E-state index is 13.4. The summed E-state index contributed by atoms with van der Waals surface area (Å²) >= 11 is 0. The Balaban J connectivity index is 1.48. The van der Waals surface area contributed by atoms with Crippen molar-refractivity contribution in [3.63, 3.8) is 0 Å². The fourth-order valence-electron chi connectivity index (χ4n) is 5.34. The lowest BCUT2D eigenvalue weighted by molar-refractivity contribution is -0.103. The molecular weight excluding hydrogens is 530 g/mol. The van der Waals surface area contributed by atoms with Crippen molar-refractivity contribution in [3.8, 4) is 0 Å². The smallest absolute Gasteiger partial charge is 0.338 e. The van der Waals surface area contributed by atoms with Gasteiger partial charge in [0.25, 0.3) is 0 Å². The molecule has 0 radical (unpaired) electrons. The summed E-state index contributed by atoms with van der Waals surface area (Å²) in [6.07, 6.45) is -3.56. The molecule has 6 rings (SSSR count). The van der Waals surface area contributed by atoms with E-state index >= 15 is 0 Å². The predicted octanol–water partition coefficient (Wildman–Crippen LogP) is 6.20. The zero-order chi connectivity index (χ0) is 29.1. The average molecular weight is 558 g/mol. The molecule has 0 fully saturated rings. The minimum absolute atomic E-state index is 0.289. The average Bonchev–Trinajstić information content (AvgIpc) is 3.05. The van der Waals surface area contributed by atoms with E-state index in [0.717, 1.165) is 10.8 Å². The molecule has 5 aromatic carbocycles. The predicted molar refractivity (Wildman–Crippen MR) is 157 cm³/mol. The van der Waals surface area contributed by atoms with Crippen molar-refractivity contribution in [2.75, 3.05) is 0 Å². The lowest BCUT2D eigenvalue weighted by Crippen LogP contribution is -2.50. The second kappa shape index (κ2) is 11.7. The number of carbonyl (C=O) groups is 3. The standard InChI is InChI=1S/C35H27NO6/c36-29-28-26-19-11-10-12-22(26)20-21-27(28)30(40-33(37)23-13-4-1-5-14-23)32(42-35(39)25-17-8-3-9-18-25)31(29)41-34(38)24-15-6-2-7-16-24/h1-21,29-32H,36H2. The van der Waals surface area contributed by atoms with Gasteiger partial charge < -0.3 is 19.9 Å². The molecule has 1 aliphatic rings. The van der Waals surface area contributed by atoms with E-state index < -0.39 is 42.3 Å². The van der Waals surface area contributed by atoms with Crippen LogP contribution in [-0.4, -0.2) is 30.1 Å². The van der Waals surface area contributed by atoms with Gasteiger partial charge >= 0.3 is 17.9 Å². The van der Waals surface area contributed by atoms with Crippen molar-refractivity contribution in [3.05, 3.63) is 155 Å². The monoisotopic (exact) mass is 557 g/mol. The normalized spacial score (nSPS) is 19.4. The van der Waals surface area contributed by atoms with E-state index in [1.807, 2.05) is 36.4 Å². The fraction of sp³-hybridized carbons (Fsp3) is 0.114. The van der Waals surface area contributed by atoms with Crippen molar-refractivity contribution >= 4 is 28.7 Å². The number of carbonyl (C=O) groups excluding carboxylic acids is 3. The van der Waals surface area contributed by atoms with Gasteiger partial charge in [-0.25, -0.2) is 14.4 Å². The second-order valence-electron chi connectivity index (χ2n) is 9.98. The number of hydrogen-bond donors (Lipinski definition) is 1. The maximum Gasteiger partial charge on any atom is 0.338 e. The third kappa shape index (κ3) is 5.25. The van der Waals surface area contributed by atoms with Crippen LogP contribution in [0, 0.1) is 0 Å². The van der Waals surface area contributed by atoms with Crippen molar-refractivity contribution in [2.24, 2.45) is 5.73 Å². The van der Waals surface area contributed by atoms with Gasteiger partial charge in [0, 0.05) is 5.56 Å². The van der Waals surface area contributed by atoms with Gasteiger partial charge in [-0.05, 0) is 52.7 Å². The third-order valence-electron chi connectivity index (χ3n) is 7.37. The summed E-state index contributed by atoms with van der Waals surface area (Å²) in [5.41, 5.74) is 9.02. The minimum atomic E-state index is -1.25. The van der Waals surface area contributed by atoms with Crippen molar-refractivity contribution in [2.45, 2.75) is 24.4 Å². The zero-order valence-electron chi connectivity index (χ0n) is 22.5. The van der Waals surface area contributed by atoms with Crippen LogP contribution in [0.25, 0.3) is 10.8 Å². The van der Waals surface area contributed by atoms with E-state index in [1.165, 1.54) is 0 Å². The zero-order valence-corrected chi connectivity index (χ0v) is 22.5. The van der Waals surface area contributed by atoms with Crippen molar-refractivity contribution < 1.29 is 28.6 Å². The Kier molecular flexibility index (Phi) is 7.49. The number of benzene rings is 5. The Morgan fingerprint density at radius 3 is 1.50 bits per heavy atom. The molecule has 1 aliphatic carbocycles. The SMILES string of the molecule is NC1c2c(ccc3ccccc23)C(OC(=O)c2ccccc2)C(OC(=O)c2ccccc2)C1OC(=O)c1ccccc1. The Labute approximate surface area is 242 Å².